The molecule has 0 radical (unpaired) electrons. The molecule has 0 aromatic heterocycles. The molecule has 144 valence electrons. The predicted octanol–water partition coefficient (Wildman–Crippen LogP) is 2.48. The molecule has 0 heterocycles. The maximum absolute atomic E-state index is 12.8. The molecule has 0 aliphatic heterocycles. The van der Waals surface area contributed by atoms with Crippen LogP contribution < -0.4 is 16.0 Å². The Morgan fingerprint density at radius 2 is 1.63 bits per heavy atom. The Kier molecular flexibility index (Phi) is 8.25. The first-order chi connectivity index (χ1) is 13.1. The number of hydrogen-bond acceptors (Lipinski definition) is 3. The highest BCUT2D eigenvalue weighted by Crippen LogP contribution is 2.09. The molecule has 0 unspecified atom stereocenters. The van der Waals surface area contributed by atoms with Gasteiger partial charge in [0.2, 0.25) is 5.91 Å². The molecule has 6 nitrogen and oxygen atoms in total. The van der Waals surface area contributed by atoms with Crippen LogP contribution in [0, 0.1) is 5.82 Å². The number of nitrogens with one attached hydrogen (secondary N) is 3. The van der Waals surface area contributed by atoms with Gasteiger partial charge in [0, 0.05) is 19.7 Å². The van der Waals surface area contributed by atoms with Gasteiger partial charge in [-0.25, -0.2) is 9.18 Å². The second kappa shape index (κ2) is 10.9. The van der Waals surface area contributed by atoms with Gasteiger partial charge in [-0.15, -0.1) is 0 Å². The van der Waals surface area contributed by atoms with Crippen LogP contribution in [0.2, 0.25) is 0 Å². The zero-order valence-electron chi connectivity index (χ0n) is 15.3. The van der Waals surface area contributed by atoms with Gasteiger partial charge in [-0.05, 0) is 35.7 Å². The molecule has 3 N–H and O–H groups in total. The van der Waals surface area contributed by atoms with Crippen molar-refractivity contribution >= 4 is 11.9 Å². The Hall–Kier alpha value is -2.93. The molecule has 0 fully saturated rings. The fraction of sp³-hybridized carbons (Fsp3) is 0.300. The van der Waals surface area contributed by atoms with Crippen molar-refractivity contribution in [3.63, 3.8) is 0 Å². The van der Waals surface area contributed by atoms with E-state index in [2.05, 4.69) is 16.0 Å². The molecule has 0 bridgehead atoms. The van der Waals surface area contributed by atoms with Gasteiger partial charge < -0.3 is 20.7 Å². The lowest BCUT2D eigenvalue weighted by molar-refractivity contribution is -0.120. The summed E-state index contributed by atoms with van der Waals surface area (Å²) in [6, 6.07) is 13.1. The molecule has 0 aliphatic rings. The summed E-state index contributed by atoms with van der Waals surface area (Å²) in [4.78, 5) is 23.7. The molecule has 27 heavy (non-hydrogen) atoms. The first kappa shape index (κ1) is 20.4. The molecule has 2 rings (SSSR count). The zero-order valence-corrected chi connectivity index (χ0v) is 15.3. The number of rotatable bonds is 9. The van der Waals surface area contributed by atoms with E-state index < -0.39 is 6.03 Å². The lowest BCUT2D eigenvalue weighted by Gasteiger charge is -2.11. The van der Waals surface area contributed by atoms with Gasteiger partial charge in [-0.3, -0.25) is 4.79 Å². The quantitative estimate of drug-likeness (QED) is 0.632. The number of hydrogen-bond donors (Lipinski definition) is 3. The summed E-state index contributed by atoms with van der Waals surface area (Å²) < 4.78 is 18.2. The third-order valence-electron chi connectivity index (χ3n) is 3.83. The lowest BCUT2D eigenvalue weighted by atomic mass is 10.1. The number of ether oxygens (including phenoxy) is 1. The summed E-state index contributed by atoms with van der Waals surface area (Å²) in [5.74, 6) is -0.624. The van der Waals surface area contributed by atoms with Gasteiger partial charge in [0.1, 0.15) is 5.82 Å². The van der Waals surface area contributed by atoms with Gasteiger partial charge in [-0.2, -0.15) is 0 Å². The second-order valence-corrected chi connectivity index (χ2v) is 5.85. The maximum atomic E-state index is 12.8. The summed E-state index contributed by atoms with van der Waals surface area (Å²) in [6.45, 7) is 3.52. The van der Waals surface area contributed by atoms with Crippen molar-refractivity contribution in [1.29, 1.82) is 0 Å². The fourth-order valence-corrected chi connectivity index (χ4v) is 2.35. The van der Waals surface area contributed by atoms with Crippen LogP contribution in [-0.4, -0.2) is 25.1 Å². The van der Waals surface area contributed by atoms with Crippen molar-refractivity contribution in [1.82, 2.24) is 16.0 Å². The lowest BCUT2D eigenvalue weighted by Crippen LogP contribution is -2.41. The molecule has 0 saturated heterocycles. The largest absolute Gasteiger partial charge is 0.377 e. The van der Waals surface area contributed by atoms with E-state index in [1.54, 1.807) is 12.1 Å². The SMILES string of the molecule is CCOCc1ccccc1CNC(=O)CNC(=O)NCc1ccc(F)cc1. The number of amides is 3. The van der Waals surface area contributed by atoms with Crippen molar-refractivity contribution in [3.8, 4) is 0 Å². The van der Waals surface area contributed by atoms with E-state index in [4.69, 9.17) is 4.74 Å². The number of urea groups is 1. The van der Waals surface area contributed by atoms with Gasteiger partial charge >= 0.3 is 6.03 Å². The van der Waals surface area contributed by atoms with Crippen LogP contribution in [0.4, 0.5) is 9.18 Å². The minimum atomic E-state index is -0.466. The van der Waals surface area contributed by atoms with Crippen molar-refractivity contribution < 1.29 is 18.7 Å². The van der Waals surface area contributed by atoms with E-state index in [0.717, 1.165) is 16.7 Å². The molecule has 0 spiro atoms. The first-order valence-electron chi connectivity index (χ1n) is 8.76. The summed E-state index contributed by atoms with van der Waals surface area (Å²) in [5, 5.41) is 7.87. The monoisotopic (exact) mass is 373 g/mol. The van der Waals surface area contributed by atoms with Gasteiger partial charge in [0.15, 0.2) is 0 Å². The summed E-state index contributed by atoms with van der Waals surface area (Å²) >= 11 is 0. The van der Waals surface area contributed by atoms with E-state index >= 15 is 0 Å². The number of carbonyl (C=O) groups is 2. The normalized spacial score (nSPS) is 10.3. The standard InChI is InChI=1S/C20H24FN3O3/c1-2-27-14-17-6-4-3-5-16(17)12-22-19(25)13-24-20(26)23-11-15-7-9-18(21)10-8-15/h3-10H,2,11-14H2,1H3,(H,22,25)(H2,23,24,26). The molecule has 2 aromatic rings. The molecule has 7 heteroatoms. The molecule has 3 amide bonds. The topological polar surface area (TPSA) is 79.5 Å². The Morgan fingerprint density at radius 3 is 2.33 bits per heavy atom. The van der Waals surface area contributed by atoms with E-state index in [0.29, 0.717) is 19.8 Å². The van der Waals surface area contributed by atoms with Crippen LogP contribution in [0.25, 0.3) is 0 Å². The first-order valence-corrected chi connectivity index (χ1v) is 8.76. The Bertz CT molecular complexity index is 750. The third kappa shape index (κ3) is 7.45. The van der Waals surface area contributed by atoms with Crippen LogP contribution >= 0.6 is 0 Å². The van der Waals surface area contributed by atoms with Crippen LogP contribution in [0.3, 0.4) is 0 Å². The minimum Gasteiger partial charge on any atom is -0.377 e. The number of carbonyl (C=O) groups excluding carboxylic acids is 2. The molecular formula is C20H24FN3O3. The van der Waals surface area contributed by atoms with Crippen LogP contribution in [-0.2, 0) is 29.2 Å². The van der Waals surface area contributed by atoms with Crippen molar-refractivity contribution in [2.45, 2.75) is 26.6 Å². The average molecular weight is 373 g/mol. The van der Waals surface area contributed by atoms with Crippen LogP contribution in [0.1, 0.15) is 23.6 Å². The number of benzene rings is 2. The molecule has 0 saturated carbocycles. The highest BCUT2D eigenvalue weighted by molar-refractivity contribution is 5.83. The van der Waals surface area contributed by atoms with Crippen LogP contribution in [0.15, 0.2) is 48.5 Å². The van der Waals surface area contributed by atoms with Gasteiger partial charge in [-0.1, -0.05) is 36.4 Å². The predicted molar refractivity (Wildman–Crippen MR) is 100 cm³/mol. The summed E-state index contributed by atoms with van der Waals surface area (Å²) in [5.41, 5.74) is 2.76. The minimum absolute atomic E-state index is 0.136. The smallest absolute Gasteiger partial charge is 0.315 e. The number of halogens is 1. The summed E-state index contributed by atoms with van der Waals surface area (Å²) in [6.07, 6.45) is 0. The fourth-order valence-electron chi connectivity index (χ4n) is 2.35. The van der Waals surface area contributed by atoms with Gasteiger partial charge in [0.25, 0.3) is 0 Å². The molecule has 0 atom stereocenters. The summed E-state index contributed by atoms with van der Waals surface area (Å²) in [7, 11) is 0. The van der Waals surface area contributed by atoms with Crippen LogP contribution in [0.5, 0.6) is 0 Å². The second-order valence-electron chi connectivity index (χ2n) is 5.85. The van der Waals surface area contributed by atoms with E-state index in [9.17, 15) is 14.0 Å². The van der Waals surface area contributed by atoms with Crippen molar-refractivity contribution in [3.05, 3.63) is 71.0 Å². The highest BCUT2D eigenvalue weighted by Gasteiger charge is 2.07. The van der Waals surface area contributed by atoms with Crippen molar-refractivity contribution in [2.24, 2.45) is 0 Å². The average Bonchev–Trinajstić information content (AvgIpc) is 2.69. The molecule has 0 aliphatic carbocycles. The van der Waals surface area contributed by atoms with E-state index in [-0.39, 0.29) is 24.8 Å². The third-order valence-corrected chi connectivity index (χ3v) is 3.83. The molecule has 2 aromatic carbocycles. The van der Waals surface area contributed by atoms with Crippen molar-refractivity contribution in [2.75, 3.05) is 13.2 Å². The highest BCUT2D eigenvalue weighted by atomic mass is 19.1. The zero-order chi connectivity index (χ0) is 19.5. The Labute approximate surface area is 158 Å². The Morgan fingerprint density at radius 1 is 0.926 bits per heavy atom. The molecular weight excluding hydrogens is 349 g/mol. The van der Waals surface area contributed by atoms with E-state index in [1.165, 1.54) is 12.1 Å². The Balaban J connectivity index is 1.70. The van der Waals surface area contributed by atoms with Gasteiger partial charge in [0.05, 0.1) is 13.2 Å². The van der Waals surface area contributed by atoms with E-state index in [1.807, 2.05) is 31.2 Å². The maximum Gasteiger partial charge on any atom is 0.315 e.